The van der Waals surface area contributed by atoms with E-state index in [1.807, 2.05) is 32.0 Å². The van der Waals surface area contributed by atoms with Crippen LogP contribution < -0.4 is 0 Å². The minimum absolute atomic E-state index is 0.0297. The number of pyridine rings is 1. The molecule has 0 saturated carbocycles. The van der Waals surface area contributed by atoms with Gasteiger partial charge in [-0.05, 0) is 12.1 Å². The molecule has 0 N–H and O–H groups in total. The molecule has 0 bridgehead atoms. The second kappa shape index (κ2) is 8.04. The predicted octanol–water partition coefficient (Wildman–Crippen LogP) is 0.601. The molecular formula is C16H26N4O3S. The summed E-state index contributed by atoms with van der Waals surface area (Å²) in [6, 6.07) is 5.56. The SMILES string of the molecule is CCN(CC)S(=O)(=O)N1CCN(C)C(=O)[C@H](Cc2ccccn2)C1. The molecule has 1 aliphatic rings. The topological polar surface area (TPSA) is 73.8 Å². The first-order valence-corrected chi connectivity index (χ1v) is 9.69. The summed E-state index contributed by atoms with van der Waals surface area (Å²) in [4.78, 5) is 18.5. The lowest BCUT2D eigenvalue weighted by Gasteiger charge is -2.28. The van der Waals surface area contributed by atoms with Crippen LogP contribution in [0.15, 0.2) is 24.4 Å². The van der Waals surface area contributed by atoms with E-state index in [1.165, 1.54) is 8.61 Å². The van der Waals surface area contributed by atoms with Gasteiger partial charge < -0.3 is 4.90 Å². The second-order valence-electron chi connectivity index (χ2n) is 5.93. The molecule has 0 spiro atoms. The number of carbonyl (C=O) groups excluding carboxylic acids is 1. The van der Waals surface area contributed by atoms with Crippen LogP contribution in [0.2, 0.25) is 0 Å². The summed E-state index contributed by atoms with van der Waals surface area (Å²) >= 11 is 0. The van der Waals surface area contributed by atoms with Crippen molar-refractivity contribution in [3.8, 4) is 0 Å². The minimum Gasteiger partial charge on any atom is -0.344 e. The van der Waals surface area contributed by atoms with Crippen molar-refractivity contribution in [2.24, 2.45) is 5.92 Å². The van der Waals surface area contributed by atoms with Crippen LogP contribution in [-0.2, 0) is 21.4 Å². The summed E-state index contributed by atoms with van der Waals surface area (Å²) in [5.74, 6) is -0.448. The van der Waals surface area contributed by atoms with E-state index < -0.39 is 16.1 Å². The molecule has 0 unspecified atom stereocenters. The Hall–Kier alpha value is -1.51. The van der Waals surface area contributed by atoms with Crippen LogP contribution in [0, 0.1) is 5.92 Å². The average Bonchev–Trinajstić information content (AvgIpc) is 2.71. The number of amides is 1. The summed E-state index contributed by atoms with van der Waals surface area (Å²) in [6.07, 6.45) is 2.12. The molecule has 0 aliphatic carbocycles. The molecule has 1 aliphatic heterocycles. The van der Waals surface area contributed by atoms with Gasteiger partial charge in [-0.25, -0.2) is 0 Å². The van der Waals surface area contributed by atoms with Crippen LogP contribution in [0.5, 0.6) is 0 Å². The van der Waals surface area contributed by atoms with E-state index in [9.17, 15) is 13.2 Å². The van der Waals surface area contributed by atoms with Gasteiger partial charge in [0, 0.05) is 58.1 Å². The first kappa shape index (κ1) is 18.8. The number of carbonyl (C=O) groups is 1. The summed E-state index contributed by atoms with van der Waals surface area (Å²) in [5.41, 5.74) is 0.798. The number of aromatic nitrogens is 1. The average molecular weight is 354 g/mol. The molecule has 1 amide bonds. The Bertz CT molecular complexity index is 647. The summed E-state index contributed by atoms with van der Waals surface area (Å²) in [6.45, 7) is 5.40. The van der Waals surface area contributed by atoms with Crippen LogP contribution in [0.4, 0.5) is 0 Å². The largest absolute Gasteiger partial charge is 0.344 e. The van der Waals surface area contributed by atoms with Gasteiger partial charge in [0.25, 0.3) is 10.2 Å². The fraction of sp³-hybridized carbons (Fsp3) is 0.625. The maximum atomic E-state index is 12.8. The summed E-state index contributed by atoms with van der Waals surface area (Å²) in [7, 11) is -1.83. The first-order chi connectivity index (χ1) is 11.4. The van der Waals surface area contributed by atoms with E-state index in [0.717, 1.165) is 5.69 Å². The van der Waals surface area contributed by atoms with Gasteiger partial charge in [0.2, 0.25) is 5.91 Å². The van der Waals surface area contributed by atoms with Crippen molar-refractivity contribution in [2.45, 2.75) is 20.3 Å². The zero-order valence-corrected chi connectivity index (χ0v) is 15.4. The van der Waals surface area contributed by atoms with E-state index in [4.69, 9.17) is 0 Å². The van der Waals surface area contributed by atoms with Crippen LogP contribution in [-0.4, -0.2) is 72.6 Å². The maximum absolute atomic E-state index is 12.8. The van der Waals surface area contributed by atoms with Gasteiger partial charge in [-0.2, -0.15) is 17.0 Å². The predicted molar refractivity (Wildman–Crippen MR) is 92.5 cm³/mol. The third-order valence-corrected chi connectivity index (χ3v) is 6.53. The van der Waals surface area contributed by atoms with Gasteiger partial charge in [0.05, 0.1) is 5.92 Å². The summed E-state index contributed by atoms with van der Waals surface area (Å²) in [5, 5.41) is 0. The highest BCUT2D eigenvalue weighted by atomic mass is 32.2. The lowest BCUT2D eigenvalue weighted by molar-refractivity contribution is -0.133. The van der Waals surface area contributed by atoms with E-state index in [1.54, 1.807) is 18.1 Å². The van der Waals surface area contributed by atoms with Crippen molar-refractivity contribution in [3.63, 3.8) is 0 Å². The smallest absolute Gasteiger partial charge is 0.282 e. The second-order valence-corrected chi connectivity index (χ2v) is 7.86. The highest BCUT2D eigenvalue weighted by molar-refractivity contribution is 7.86. The standard InChI is InChI=1S/C16H26N4O3S/c1-4-19(5-2)24(22,23)20-11-10-18(3)16(21)14(13-20)12-15-8-6-7-9-17-15/h6-9,14H,4-5,10-13H2,1-3H3/t14-/m1/s1. The highest BCUT2D eigenvalue weighted by Gasteiger charge is 2.36. The minimum atomic E-state index is -3.55. The Kier molecular flexibility index (Phi) is 6.31. The summed E-state index contributed by atoms with van der Waals surface area (Å²) < 4.78 is 28.5. The first-order valence-electron chi connectivity index (χ1n) is 8.30. The molecule has 0 radical (unpaired) electrons. The van der Waals surface area contributed by atoms with Crippen molar-refractivity contribution < 1.29 is 13.2 Å². The van der Waals surface area contributed by atoms with Crippen LogP contribution in [0.1, 0.15) is 19.5 Å². The van der Waals surface area contributed by atoms with Crippen molar-refractivity contribution in [1.29, 1.82) is 0 Å². The van der Waals surface area contributed by atoms with Gasteiger partial charge in [0.15, 0.2) is 0 Å². The van der Waals surface area contributed by atoms with Crippen molar-refractivity contribution in [2.75, 3.05) is 39.8 Å². The lowest BCUT2D eigenvalue weighted by atomic mass is 10.0. The Labute approximate surface area is 144 Å². The molecule has 24 heavy (non-hydrogen) atoms. The zero-order chi connectivity index (χ0) is 17.7. The molecular weight excluding hydrogens is 328 g/mol. The van der Waals surface area contributed by atoms with Gasteiger partial charge >= 0.3 is 0 Å². The molecule has 1 fully saturated rings. The Morgan fingerprint density at radius 3 is 2.54 bits per heavy atom. The number of rotatable bonds is 6. The quantitative estimate of drug-likeness (QED) is 0.750. The third kappa shape index (κ3) is 4.12. The van der Waals surface area contributed by atoms with E-state index in [2.05, 4.69) is 4.98 Å². The third-order valence-electron chi connectivity index (χ3n) is 4.37. The Balaban J connectivity index is 2.25. The van der Waals surface area contributed by atoms with Crippen LogP contribution in [0.25, 0.3) is 0 Å². The van der Waals surface area contributed by atoms with Crippen LogP contribution >= 0.6 is 0 Å². The number of hydrogen-bond donors (Lipinski definition) is 0. The van der Waals surface area contributed by atoms with Crippen molar-refractivity contribution >= 4 is 16.1 Å². The Morgan fingerprint density at radius 2 is 1.96 bits per heavy atom. The molecule has 1 aromatic rings. The molecule has 7 nitrogen and oxygen atoms in total. The molecule has 1 aromatic heterocycles. The van der Waals surface area contributed by atoms with E-state index >= 15 is 0 Å². The van der Waals surface area contributed by atoms with Crippen molar-refractivity contribution in [1.82, 2.24) is 18.5 Å². The molecule has 1 saturated heterocycles. The van der Waals surface area contributed by atoms with Crippen molar-refractivity contribution in [3.05, 3.63) is 30.1 Å². The molecule has 2 rings (SSSR count). The zero-order valence-electron chi connectivity index (χ0n) is 14.6. The van der Waals surface area contributed by atoms with E-state index in [-0.39, 0.29) is 12.5 Å². The van der Waals surface area contributed by atoms with Gasteiger partial charge in [-0.15, -0.1) is 0 Å². The maximum Gasteiger partial charge on any atom is 0.282 e. The Morgan fingerprint density at radius 1 is 1.25 bits per heavy atom. The highest BCUT2D eigenvalue weighted by Crippen LogP contribution is 2.19. The van der Waals surface area contributed by atoms with Gasteiger partial charge in [-0.3, -0.25) is 9.78 Å². The molecule has 1 atom stereocenters. The number of likely N-dealkylation sites (N-methyl/N-ethyl adjacent to an activating group) is 1. The molecule has 134 valence electrons. The normalized spacial score (nSPS) is 20.4. The molecule has 2 heterocycles. The number of nitrogens with zero attached hydrogens (tertiary/aromatic N) is 4. The van der Waals surface area contributed by atoms with Gasteiger partial charge in [-0.1, -0.05) is 19.9 Å². The van der Waals surface area contributed by atoms with E-state index in [0.29, 0.717) is 32.6 Å². The molecule has 8 heteroatoms. The van der Waals surface area contributed by atoms with Crippen LogP contribution in [0.3, 0.4) is 0 Å². The monoisotopic (exact) mass is 354 g/mol. The fourth-order valence-electron chi connectivity index (χ4n) is 2.94. The van der Waals surface area contributed by atoms with Gasteiger partial charge in [0.1, 0.15) is 0 Å². The molecule has 0 aromatic carbocycles. The number of hydrogen-bond acceptors (Lipinski definition) is 4. The lowest BCUT2D eigenvalue weighted by Crippen LogP contribution is -2.46. The fourth-order valence-corrected chi connectivity index (χ4v) is 4.60.